The Balaban J connectivity index is 1.69. The average Bonchev–Trinajstić information content (AvgIpc) is 2.89. The molecule has 7 nitrogen and oxygen atoms in total. The highest BCUT2D eigenvalue weighted by molar-refractivity contribution is 7.89. The fraction of sp³-hybridized carbons (Fsp3) is 0.333. The zero-order valence-electron chi connectivity index (χ0n) is 11.5. The Bertz CT molecular complexity index is 769. The van der Waals surface area contributed by atoms with Crippen molar-refractivity contribution in [3.63, 3.8) is 0 Å². The Morgan fingerprint density at radius 2 is 1.83 bits per heavy atom. The SMILES string of the molecule is O=S(=O)(c1ccc(OC(F)(F)F)cc1)N1CC(n2ccnn2)C1. The lowest BCUT2D eigenvalue weighted by Gasteiger charge is -2.37. The Morgan fingerprint density at radius 1 is 1.17 bits per heavy atom. The van der Waals surface area contributed by atoms with Crippen LogP contribution in [0.15, 0.2) is 41.6 Å². The molecule has 1 aromatic carbocycles. The zero-order valence-corrected chi connectivity index (χ0v) is 12.3. The van der Waals surface area contributed by atoms with E-state index in [2.05, 4.69) is 15.0 Å². The lowest BCUT2D eigenvalue weighted by molar-refractivity contribution is -0.274. The molecule has 0 N–H and O–H groups in total. The third-order valence-corrected chi connectivity index (χ3v) is 5.18. The number of sulfonamides is 1. The van der Waals surface area contributed by atoms with Crippen molar-refractivity contribution in [2.45, 2.75) is 17.3 Å². The van der Waals surface area contributed by atoms with Gasteiger partial charge in [0.05, 0.1) is 17.1 Å². The first-order valence-electron chi connectivity index (χ1n) is 6.47. The molecule has 1 aliphatic rings. The van der Waals surface area contributed by atoms with E-state index in [4.69, 9.17) is 0 Å². The molecule has 3 rings (SSSR count). The van der Waals surface area contributed by atoms with E-state index in [0.717, 1.165) is 24.3 Å². The first-order valence-corrected chi connectivity index (χ1v) is 7.91. The molecule has 23 heavy (non-hydrogen) atoms. The summed E-state index contributed by atoms with van der Waals surface area (Å²) >= 11 is 0. The molecule has 0 aliphatic carbocycles. The molecule has 2 heterocycles. The Hall–Kier alpha value is -2.14. The maximum absolute atomic E-state index is 12.3. The molecule has 11 heteroatoms. The summed E-state index contributed by atoms with van der Waals surface area (Å²) in [6, 6.07) is 4.00. The Kier molecular flexibility index (Phi) is 3.76. The van der Waals surface area contributed by atoms with Crippen molar-refractivity contribution in [3.05, 3.63) is 36.7 Å². The smallest absolute Gasteiger partial charge is 0.406 e. The van der Waals surface area contributed by atoms with Crippen LogP contribution >= 0.6 is 0 Å². The molecular formula is C12H11F3N4O3S. The molecule has 0 amide bonds. The molecule has 0 saturated carbocycles. The van der Waals surface area contributed by atoms with Crippen LogP contribution in [0.3, 0.4) is 0 Å². The lowest BCUT2D eigenvalue weighted by Crippen LogP contribution is -2.50. The number of ether oxygens (including phenoxy) is 1. The van der Waals surface area contributed by atoms with E-state index in [1.165, 1.54) is 10.5 Å². The summed E-state index contributed by atoms with van der Waals surface area (Å²) in [6.45, 7) is 0.457. The molecule has 1 saturated heterocycles. The number of alkyl halides is 3. The summed E-state index contributed by atoms with van der Waals surface area (Å²) in [6.07, 6.45) is -1.68. The Labute approximate surface area is 129 Å². The summed E-state index contributed by atoms with van der Waals surface area (Å²) in [4.78, 5) is -0.0935. The van der Waals surface area contributed by atoms with E-state index in [1.807, 2.05) is 0 Å². The number of rotatable bonds is 4. The van der Waals surface area contributed by atoms with Crippen LogP contribution in [0.2, 0.25) is 0 Å². The molecule has 0 spiro atoms. The summed E-state index contributed by atoms with van der Waals surface area (Å²) in [5.74, 6) is -0.472. The van der Waals surface area contributed by atoms with Crippen LogP contribution in [0.25, 0.3) is 0 Å². The zero-order chi connectivity index (χ0) is 16.7. The van der Waals surface area contributed by atoms with Gasteiger partial charge in [-0.3, -0.25) is 0 Å². The van der Waals surface area contributed by atoms with Crippen molar-refractivity contribution in [1.82, 2.24) is 19.3 Å². The van der Waals surface area contributed by atoms with Gasteiger partial charge < -0.3 is 4.74 Å². The number of nitrogens with zero attached hydrogens (tertiary/aromatic N) is 4. The van der Waals surface area contributed by atoms with E-state index < -0.39 is 22.1 Å². The van der Waals surface area contributed by atoms with Gasteiger partial charge in [-0.05, 0) is 24.3 Å². The highest BCUT2D eigenvalue weighted by Gasteiger charge is 2.38. The van der Waals surface area contributed by atoms with Crippen molar-refractivity contribution >= 4 is 10.0 Å². The minimum Gasteiger partial charge on any atom is -0.406 e. The summed E-state index contributed by atoms with van der Waals surface area (Å²) < 4.78 is 67.4. The molecule has 0 unspecified atom stereocenters. The van der Waals surface area contributed by atoms with Crippen molar-refractivity contribution in [2.75, 3.05) is 13.1 Å². The van der Waals surface area contributed by atoms with Gasteiger partial charge in [-0.2, -0.15) is 4.31 Å². The van der Waals surface area contributed by atoms with E-state index in [9.17, 15) is 21.6 Å². The van der Waals surface area contributed by atoms with Gasteiger partial charge in [0.15, 0.2) is 0 Å². The summed E-state index contributed by atoms with van der Waals surface area (Å²) in [5.41, 5.74) is 0. The van der Waals surface area contributed by atoms with Gasteiger partial charge in [-0.25, -0.2) is 13.1 Å². The Morgan fingerprint density at radius 3 is 2.35 bits per heavy atom. The minimum atomic E-state index is -4.82. The number of hydrogen-bond donors (Lipinski definition) is 0. The predicted molar refractivity (Wildman–Crippen MR) is 70.9 cm³/mol. The van der Waals surface area contributed by atoms with Gasteiger partial charge in [0.2, 0.25) is 10.0 Å². The molecule has 0 atom stereocenters. The third kappa shape index (κ3) is 3.29. The van der Waals surface area contributed by atoms with Crippen LogP contribution in [0, 0.1) is 0 Å². The number of hydrogen-bond acceptors (Lipinski definition) is 5. The lowest BCUT2D eigenvalue weighted by atomic mass is 10.2. The number of aromatic nitrogens is 3. The topological polar surface area (TPSA) is 77.3 Å². The maximum atomic E-state index is 12.3. The molecule has 1 aliphatic heterocycles. The fourth-order valence-corrected chi connectivity index (χ4v) is 3.67. The van der Waals surface area contributed by atoms with E-state index >= 15 is 0 Å². The highest BCUT2D eigenvalue weighted by atomic mass is 32.2. The second-order valence-electron chi connectivity index (χ2n) is 4.88. The van der Waals surface area contributed by atoms with E-state index in [1.54, 1.807) is 10.9 Å². The van der Waals surface area contributed by atoms with Gasteiger partial charge in [0, 0.05) is 19.3 Å². The summed E-state index contributed by atoms with van der Waals surface area (Å²) in [5, 5.41) is 7.44. The van der Waals surface area contributed by atoms with Gasteiger partial charge in [-0.1, -0.05) is 5.21 Å². The number of halogens is 3. The largest absolute Gasteiger partial charge is 0.573 e. The second kappa shape index (κ2) is 5.49. The quantitative estimate of drug-likeness (QED) is 0.835. The number of benzene rings is 1. The van der Waals surface area contributed by atoms with E-state index in [-0.39, 0.29) is 24.0 Å². The molecule has 1 fully saturated rings. The van der Waals surface area contributed by atoms with E-state index in [0.29, 0.717) is 0 Å². The maximum Gasteiger partial charge on any atom is 0.573 e. The average molecular weight is 348 g/mol. The van der Waals surface area contributed by atoms with Crippen LogP contribution in [0.4, 0.5) is 13.2 Å². The molecule has 0 bridgehead atoms. The standard InChI is InChI=1S/C12H11F3N4O3S/c13-12(14,15)22-10-1-3-11(4-2-10)23(20,21)18-7-9(8-18)19-6-5-16-17-19/h1-6,9H,7-8H2. The normalized spacial score (nSPS) is 17.0. The molecule has 0 radical (unpaired) electrons. The monoisotopic (exact) mass is 348 g/mol. The first-order chi connectivity index (χ1) is 10.8. The molecule has 1 aromatic heterocycles. The van der Waals surface area contributed by atoms with Crippen molar-refractivity contribution in [1.29, 1.82) is 0 Å². The predicted octanol–water partition coefficient (Wildman–Crippen LogP) is 1.42. The van der Waals surface area contributed by atoms with Crippen molar-refractivity contribution in [3.8, 4) is 5.75 Å². The second-order valence-corrected chi connectivity index (χ2v) is 6.82. The first kappa shape index (κ1) is 15.7. The minimum absolute atomic E-state index is 0.0935. The van der Waals surface area contributed by atoms with Crippen LogP contribution in [0.5, 0.6) is 5.75 Å². The van der Waals surface area contributed by atoms with Gasteiger partial charge in [0.1, 0.15) is 5.75 Å². The fourth-order valence-electron chi connectivity index (χ4n) is 2.15. The van der Waals surface area contributed by atoms with Crippen LogP contribution < -0.4 is 4.74 Å². The van der Waals surface area contributed by atoms with Crippen LogP contribution in [-0.4, -0.2) is 47.2 Å². The van der Waals surface area contributed by atoms with Crippen LogP contribution in [0.1, 0.15) is 6.04 Å². The van der Waals surface area contributed by atoms with Gasteiger partial charge in [0.25, 0.3) is 0 Å². The molecular weight excluding hydrogens is 337 g/mol. The summed E-state index contributed by atoms with van der Waals surface area (Å²) in [7, 11) is -3.75. The molecule has 2 aromatic rings. The third-order valence-electron chi connectivity index (χ3n) is 3.34. The van der Waals surface area contributed by atoms with Crippen molar-refractivity contribution in [2.24, 2.45) is 0 Å². The van der Waals surface area contributed by atoms with Gasteiger partial charge in [-0.15, -0.1) is 18.3 Å². The van der Waals surface area contributed by atoms with Gasteiger partial charge >= 0.3 is 6.36 Å². The van der Waals surface area contributed by atoms with Crippen LogP contribution in [-0.2, 0) is 10.0 Å². The molecule has 124 valence electrons. The van der Waals surface area contributed by atoms with Crippen molar-refractivity contribution < 1.29 is 26.3 Å². The highest BCUT2D eigenvalue weighted by Crippen LogP contribution is 2.29.